The van der Waals surface area contributed by atoms with Gasteiger partial charge in [0, 0.05) is 18.5 Å². The number of rotatable bonds is 1. The molecule has 22 heavy (non-hydrogen) atoms. The van der Waals surface area contributed by atoms with E-state index >= 15 is 0 Å². The van der Waals surface area contributed by atoms with Crippen molar-refractivity contribution in [2.45, 2.75) is 39.7 Å². The van der Waals surface area contributed by atoms with E-state index in [-0.39, 0.29) is 28.7 Å². The van der Waals surface area contributed by atoms with Crippen molar-refractivity contribution in [1.82, 2.24) is 10.2 Å². The summed E-state index contributed by atoms with van der Waals surface area (Å²) in [6, 6.07) is 10.2. The third-order valence-electron chi connectivity index (χ3n) is 5.00. The van der Waals surface area contributed by atoms with Gasteiger partial charge in [0.15, 0.2) is 0 Å². The van der Waals surface area contributed by atoms with Crippen molar-refractivity contribution in [3.8, 4) is 0 Å². The van der Waals surface area contributed by atoms with Crippen molar-refractivity contribution in [1.29, 1.82) is 0 Å². The minimum Gasteiger partial charge on any atom is -0.348 e. The maximum atomic E-state index is 12.4. The van der Waals surface area contributed by atoms with Crippen molar-refractivity contribution in [2.24, 2.45) is 10.8 Å². The molecule has 4 nitrogen and oxygen atoms in total. The summed E-state index contributed by atoms with van der Waals surface area (Å²) in [5.74, 6) is 0.322. The minimum atomic E-state index is -0.356. The molecule has 1 N–H and O–H groups in total. The number of piperidine rings is 1. The minimum absolute atomic E-state index is 0.0908. The molecular formula is C18H24N2O2. The summed E-state index contributed by atoms with van der Waals surface area (Å²) in [5.41, 5.74) is 0.485. The van der Waals surface area contributed by atoms with Gasteiger partial charge < -0.3 is 10.2 Å². The van der Waals surface area contributed by atoms with Gasteiger partial charge in [-0.05, 0) is 18.4 Å². The van der Waals surface area contributed by atoms with Gasteiger partial charge in [-0.2, -0.15) is 0 Å². The first-order valence-electron chi connectivity index (χ1n) is 8.00. The first-order valence-corrected chi connectivity index (χ1v) is 8.00. The summed E-state index contributed by atoms with van der Waals surface area (Å²) in [6.45, 7) is 7.19. The molecule has 0 bridgehead atoms. The standard InChI is InChI=1S/C18H24N2O2/c1-17(2,3)16(22)20-11-9-18(10-12-20)14(19-15(18)21)13-7-5-4-6-8-13/h4-8,14H,9-12H2,1-3H3,(H,19,21). The molecule has 1 spiro atoms. The third-order valence-corrected chi connectivity index (χ3v) is 5.00. The van der Waals surface area contributed by atoms with Gasteiger partial charge in [-0.15, -0.1) is 0 Å². The fraction of sp³-hybridized carbons (Fsp3) is 0.556. The van der Waals surface area contributed by atoms with Crippen LogP contribution in [0.3, 0.4) is 0 Å². The second-order valence-electron chi connectivity index (χ2n) is 7.52. The highest BCUT2D eigenvalue weighted by Gasteiger charge is 2.56. The molecule has 3 rings (SSSR count). The molecule has 0 aliphatic carbocycles. The molecule has 1 aromatic rings. The van der Waals surface area contributed by atoms with E-state index in [1.165, 1.54) is 0 Å². The lowest BCUT2D eigenvalue weighted by Gasteiger charge is -2.53. The van der Waals surface area contributed by atoms with Crippen molar-refractivity contribution in [3.63, 3.8) is 0 Å². The van der Waals surface area contributed by atoms with E-state index in [1.54, 1.807) is 0 Å². The van der Waals surface area contributed by atoms with Crippen LogP contribution in [0.15, 0.2) is 30.3 Å². The molecule has 0 aromatic heterocycles. The molecule has 2 heterocycles. The topological polar surface area (TPSA) is 49.4 Å². The van der Waals surface area contributed by atoms with Gasteiger partial charge in [-0.25, -0.2) is 0 Å². The monoisotopic (exact) mass is 300 g/mol. The summed E-state index contributed by atoms with van der Waals surface area (Å²) in [6.07, 6.45) is 1.50. The van der Waals surface area contributed by atoms with E-state index < -0.39 is 0 Å². The van der Waals surface area contributed by atoms with Crippen molar-refractivity contribution < 1.29 is 9.59 Å². The fourth-order valence-corrected chi connectivity index (χ4v) is 3.61. The molecular weight excluding hydrogens is 276 g/mol. The predicted molar refractivity (Wildman–Crippen MR) is 85.0 cm³/mol. The summed E-state index contributed by atoms with van der Waals surface area (Å²) in [5, 5.41) is 3.05. The Kier molecular flexibility index (Phi) is 3.50. The second kappa shape index (κ2) is 5.11. The SMILES string of the molecule is CC(C)(C)C(=O)N1CCC2(CC1)C(=O)NC2c1ccccc1. The first-order chi connectivity index (χ1) is 10.3. The zero-order chi connectivity index (χ0) is 16.0. The van der Waals surface area contributed by atoms with Gasteiger partial charge in [0.25, 0.3) is 0 Å². The lowest BCUT2D eigenvalue weighted by molar-refractivity contribution is -0.157. The molecule has 1 atom stereocenters. The molecule has 1 unspecified atom stereocenters. The Morgan fingerprint density at radius 2 is 1.77 bits per heavy atom. The van der Waals surface area contributed by atoms with Crippen LogP contribution in [-0.2, 0) is 9.59 Å². The number of benzene rings is 1. The number of β-lactam (4-membered cyclic amide) rings is 1. The number of carbonyl (C=O) groups excluding carboxylic acids is 2. The molecule has 118 valence electrons. The number of likely N-dealkylation sites (tertiary alicyclic amines) is 1. The summed E-state index contributed by atoms with van der Waals surface area (Å²) in [7, 11) is 0. The van der Waals surface area contributed by atoms with Crippen LogP contribution < -0.4 is 5.32 Å². The Morgan fingerprint density at radius 3 is 2.27 bits per heavy atom. The van der Waals surface area contributed by atoms with E-state index in [4.69, 9.17) is 0 Å². The number of nitrogens with one attached hydrogen (secondary N) is 1. The zero-order valence-electron chi connectivity index (χ0n) is 13.6. The van der Waals surface area contributed by atoms with Crippen molar-refractivity contribution in [3.05, 3.63) is 35.9 Å². The van der Waals surface area contributed by atoms with Gasteiger partial charge in [0.05, 0.1) is 11.5 Å². The largest absolute Gasteiger partial charge is 0.348 e. The van der Waals surface area contributed by atoms with Crippen LogP contribution in [0.5, 0.6) is 0 Å². The summed E-state index contributed by atoms with van der Waals surface area (Å²) < 4.78 is 0. The highest BCUT2D eigenvalue weighted by atomic mass is 16.2. The summed E-state index contributed by atoms with van der Waals surface area (Å²) in [4.78, 5) is 26.6. The van der Waals surface area contributed by atoms with Crippen LogP contribution in [0.1, 0.15) is 45.2 Å². The predicted octanol–water partition coefficient (Wildman–Crippen LogP) is 2.51. The fourth-order valence-electron chi connectivity index (χ4n) is 3.61. The van der Waals surface area contributed by atoms with E-state index in [1.807, 2.05) is 43.9 Å². The number of nitrogens with zero attached hydrogens (tertiary/aromatic N) is 1. The van der Waals surface area contributed by atoms with Crippen LogP contribution in [0.25, 0.3) is 0 Å². The van der Waals surface area contributed by atoms with Crippen LogP contribution >= 0.6 is 0 Å². The quantitative estimate of drug-likeness (QED) is 0.810. The Bertz CT molecular complexity index is 581. The van der Waals surface area contributed by atoms with Crippen molar-refractivity contribution >= 4 is 11.8 Å². The Morgan fingerprint density at radius 1 is 1.18 bits per heavy atom. The highest BCUT2D eigenvalue weighted by molar-refractivity contribution is 5.91. The molecule has 2 aliphatic heterocycles. The number of carbonyl (C=O) groups is 2. The maximum Gasteiger partial charge on any atom is 0.229 e. The molecule has 4 heteroatoms. The smallest absolute Gasteiger partial charge is 0.229 e. The lowest BCUT2D eigenvalue weighted by Crippen LogP contribution is -2.65. The van der Waals surface area contributed by atoms with E-state index in [0.29, 0.717) is 13.1 Å². The molecule has 0 radical (unpaired) electrons. The van der Waals surface area contributed by atoms with Crippen LogP contribution in [0.4, 0.5) is 0 Å². The van der Waals surface area contributed by atoms with Gasteiger partial charge in [0.1, 0.15) is 0 Å². The lowest BCUT2D eigenvalue weighted by atomic mass is 9.64. The van der Waals surface area contributed by atoms with Crippen LogP contribution in [0, 0.1) is 10.8 Å². The first kappa shape index (κ1) is 15.1. The molecule has 2 aliphatic rings. The zero-order valence-corrected chi connectivity index (χ0v) is 13.6. The Hall–Kier alpha value is -1.84. The average Bonchev–Trinajstić information content (AvgIpc) is 2.52. The van der Waals surface area contributed by atoms with Gasteiger partial charge >= 0.3 is 0 Å². The Labute approximate surface area is 131 Å². The summed E-state index contributed by atoms with van der Waals surface area (Å²) >= 11 is 0. The molecule has 2 amide bonds. The molecule has 2 saturated heterocycles. The normalized spacial score (nSPS) is 23.9. The molecule has 0 saturated carbocycles. The van der Waals surface area contributed by atoms with Gasteiger partial charge in [0.2, 0.25) is 11.8 Å². The Balaban J connectivity index is 1.74. The maximum absolute atomic E-state index is 12.4. The van der Waals surface area contributed by atoms with Crippen LogP contribution in [-0.4, -0.2) is 29.8 Å². The number of hydrogen-bond acceptors (Lipinski definition) is 2. The number of amides is 2. The van der Waals surface area contributed by atoms with E-state index in [2.05, 4.69) is 17.4 Å². The van der Waals surface area contributed by atoms with E-state index in [9.17, 15) is 9.59 Å². The van der Waals surface area contributed by atoms with E-state index in [0.717, 1.165) is 18.4 Å². The molecule has 1 aromatic carbocycles. The average molecular weight is 300 g/mol. The highest BCUT2D eigenvalue weighted by Crippen LogP contribution is 2.49. The van der Waals surface area contributed by atoms with Gasteiger partial charge in [-0.1, -0.05) is 51.1 Å². The van der Waals surface area contributed by atoms with Gasteiger partial charge in [-0.3, -0.25) is 9.59 Å². The number of hydrogen-bond donors (Lipinski definition) is 1. The second-order valence-corrected chi connectivity index (χ2v) is 7.52. The molecule has 2 fully saturated rings. The van der Waals surface area contributed by atoms with Crippen molar-refractivity contribution in [2.75, 3.05) is 13.1 Å². The third kappa shape index (κ3) is 2.31. The van der Waals surface area contributed by atoms with Crippen LogP contribution in [0.2, 0.25) is 0 Å².